The van der Waals surface area contributed by atoms with Crippen LogP contribution in [0.2, 0.25) is 0 Å². The standard InChI is InChI=1S/C23H22F6N2O4/c1-4-12(3)8-13-9-15(6-7-18(13)30-5-2)35-19-16(22(24,25)26)10-14(31-20(32)21(33)34)11-17(19)23(27,28)29/h5-7,9-12,30H,2,4,8H2,1,3H3,(H,31,32)(H,33,34). The number of carboxylic acids is 1. The smallest absolute Gasteiger partial charge is 0.420 e. The molecule has 0 heterocycles. The number of hydrogen-bond acceptors (Lipinski definition) is 4. The van der Waals surface area contributed by atoms with E-state index in [-0.39, 0.29) is 23.8 Å². The summed E-state index contributed by atoms with van der Waals surface area (Å²) < 4.78 is 87.7. The van der Waals surface area contributed by atoms with E-state index < -0.39 is 46.8 Å². The summed E-state index contributed by atoms with van der Waals surface area (Å²) in [6.07, 6.45) is -8.04. The van der Waals surface area contributed by atoms with E-state index in [0.29, 0.717) is 17.7 Å². The molecule has 1 amide bonds. The van der Waals surface area contributed by atoms with Crippen molar-refractivity contribution in [1.82, 2.24) is 0 Å². The largest absolute Gasteiger partial charge is 0.474 e. The number of carbonyl (C=O) groups excluding carboxylic acids is 1. The molecule has 0 spiro atoms. The van der Waals surface area contributed by atoms with Crippen LogP contribution in [0.15, 0.2) is 43.1 Å². The molecule has 0 fully saturated rings. The molecule has 2 aromatic carbocycles. The highest BCUT2D eigenvalue weighted by Crippen LogP contribution is 2.47. The van der Waals surface area contributed by atoms with Gasteiger partial charge in [0.1, 0.15) is 16.9 Å². The van der Waals surface area contributed by atoms with Gasteiger partial charge >= 0.3 is 24.2 Å². The van der Waals surface area contributed by atoms with E-state index in [9.17, 15) is 35.9 Å². The highest BCUT2D eigenvalue weighted by molar-refractivity contribution is 6.36. The van der Waals surface area contributed by atoms with Crippen LogP contribution in [0, 0.1) is 5.92 Å². The average molecular weight is 504 g/mol. The second kappa shape index (κ2) is 10.7. The highest BCUT2D eigenvalue weighted by Gasteiger charge is 2.43. The predicted molar refractivity (Wildman–Crippen MR) is 116 cm³/mol. The van der Waals surface area contributed by atoms with Crippen molar-refractivity contribution in [2.24, 2.45) is 5.92 Å². The molecule has 190 valence electrons. The summed E-state index contributed by atoms with van der Waals surface area (Å²) >= 11 is 0. The molecule has 1 atom stereocenters. The third-order valence-electron chi connectivity index (χ3n) is 4.97. The average Bonchev–Trinajstić information content (AvgIpc) is 2.74. The lowest BCUT2D eigenvalue weighted by atomic mass is 9.97. The van der Waals surface area contributed by atoms with Crippen molar-refractivity contribution < 1.29 is 45.8 Å². The summed E-state index contributed by atoms with van der Waals surface area (Å²) in [7, 11) is 0. The zero-order valence-electron chi connectivity index (χ0n) is 18.6. The second-order valence-corrected chi connectivity index (χ2v) is 7.64. The maximum Gasteiger partial charge on any atom is 0.420 e. The van der Waals surface area contributed by atoms with Gasteiger partial charge in [0.05, 0.1) is 0 Å². The molecule has 0 aliphatic carbocycles. The predicted octanol–water partition coefficient (Wildman–Crippen LogP) is 6.68. The first kappa shape index (κ1) is 27.5. The van der Waals surface area contributed by atoms with Gasteiger partial charge in [-0.25, -0.2) is 4.79 Å². The molecule has 0 aliphatic rings. The van der Waals surface area contributed by atoms with Crippen LogP contribution in [0.25, 0.3) is 0 Å². The van der Waals surface area contributed by atoms with Gasteiger partial charge in [0, 0.05) is 11.4 Å². The molecular weight excluding hydrogens is 482 g/mol. The van der Waals surface area contributed by atoms with Gasteiger partial charge in [0.15, 0.2) is 5.75 Å². The van der Waals surface area contributed by atoms with E-state index in [0.717, 1.165) is 6.42 Å². The fourth-order valence-electron chi connectivity index (χ4n) is 3.11. The van der Waals surface area contributed by atoms with Gasteiger partial charge in [-0.15, -0.1) is 0 Å². The lowest BCUT2D eigenvalue weighted by Crippen LogP contribution is -2.23. The van der Waals surface area contributed by atoms with Gasteiger partial charge in [0.2, 0.25) is 0 Å². The molecule has 0 saturated carbocycles. The summed E-state index contributed by atoms with van der Waals surface area (Å²) in [6, 6.07) is 4.33. The van der Waals surface area contributed by atoms with Crippen molar-refractivity contribution in [3.8, 4) is 11.5 Å². The lowest BCUT2D eigenvalue weighted by Gasteiger charge is -2.21. The van der Waals surface area contributed by atoms with Crippen LogP contribution >= 0.6 is 0 Å². The van der Waals surface area contributed by atoms with Gasteiger partial charge < -0.3 is 20.5 Å². The zero-order chi connectivity index (χ0) is 26.6. The number of rotatable bonds is 8. The minimum absolute atomic E-state index is 0.157. The Balaban J connectivity index is 2.68. The number of aliphatic carboxylic acids is 1. The molecular formula is C23H22F6N2O4. The van der Waals surface area contributed by atoms with E-state index in [1.165, 1.54) is 29.7 Å². The number of anilines is 2. The molecule has 12 heteroatoms. The first-order valence-electron chi connectivity index (χ1n) is 10.2. The third-order valence-corrected chi connectivity index (χ3v) is 4.97. The zero-order valence-corrected chi connectivity index (χ0v) is 18.6. The number of carboxylic acid groups (broad SMARTS) is 1. The van der Waals surface area contributed by atoms with Crippen molar-refractivity contribution in [2.75, 3.05) is 10.6 Å². The van der Waals surface area contributed by atoms with Crippen molar-refractivity contribution in [2.45, 2.75) is 39.0 Å². The number of hydrogen-bond donors (Lipinski definition) is 3. The molecule has 3 N–H and O–H groups in total. The minimum Gasteiger partial charge on any atom is -0.474 e. The monoisotopic (exact) mass is 504 g/mol. The summed E-state index contributed by atoms with van der Waals surface area (Å²) in [5, 5.41) is 13.0. The molecule has 1 unspecified atom stereocenters. The topological polar surface area (TPSA) is 87.7 Å². The van der Waals surface area contributed by atoms with Gasteiger partial charge in [0.25, 0.3) is 0 Å². The summed E-state index contributed by atoms with van der Waals surface area (Å²) in [5.41, 5.74) is -3.54. The maximum absolute atomic E-state index is 13.8. The van der Waals surface area contributed by atoms with Crippen molar-refractivity contribution in [1.29, 1.82) is 0 Å². The van der Waals surface area contributed by atoms with E-state index >= 15 is 0 Å². The van der Waals surface area contributed by atoms with E-state index in [1.807, 2.05) is 13.8 Å². The Bertz CT molecular complexity index is 1080. The first-order chi connectivity index (χ1) is 16.2. The number of benzene rings is 2. The van der Waals surface area contributed by atoms with Gasteiger partial charge in [-0.1, -0.05) is 26.8 Å². The Hall–Kier alpha value is -3.70. The van der Waals surface area contributed by atoms with E-state index in [4.69, 9.17) is 9.84 Å². The summed E-state index contributed by atoms with van der Waals surface area (Å²) in [5.74, 6) is -5.55. The van der Waals surface area contributed by atoms with Gasteiger partial charge in [-0.2, -0.15) is 26.3 Å². The number of nitrogens with one attached hydrogen (secondary N) is 2. The molecule has 2 aromatic rings. The molecule has 0 radical (unpaired) electrons. The van der Waals surface area contributed by atoms with Crippen LogP contribution < -0.4 is 15.4 Å². The Labute approximate surface area is 196 Å². The van der Waals surface area contributed by atoms with Crippen molar-refractivity contribution in [3.63, 3.8) is 0 Å². The lowest BCUT2D eigenvalue weighted by molar-refractivity contribution is -0.147. The molecule has 0 saturated heterocycles. The van der Waals surface area contributed by atoms with Crippen molar-refractivity contribution >= 4 is 23.3 Å². The summed E-state index contributed by atoms with van der Waals surface area (Å²) in [4.78, 5) is 22.0. The van der Waals surface area contributed by atoms with Crippen LogP contribution in [-0.2, 0) is 28.4 Å². The Morgan fingerprint density at radius 3 is 2.11 bits per heavy atom. The minimum atomic E-state index is -5.33. The normalized spacial score (nSPS) is 12.6. The second-order valence-electron chi connectivity index (χ2n) is 7.64. The van der Waals surface area contributed by atoms with Crippen LogP contribution in [-0.4, -0.2) is 17.0 Å². The Morgan fingerprint density at radius 2 is 1.66 bits per heavy atom. The Kier molecular flexibility index (Phi) is 8.42. The summed E-state index contributed by atoms with van der Waals surface area (Å²) in [6.45, 7) is 7.41. The molecule has 2 rings (SSSR count). The Morgan fingerprint density at radius 1 is 1.09 bits per heavy atom. The van der Waals surface area contributed by atoms with Crippen LogP contribution in [0.5, 0.6) is 11.5 Å². The van der Waals surface area contributed by atoms with Crippen LogP contribution in [0.1, 0.15) is 37.0 Å². The molecule has 0 bridgehead atoms. The van der Waals surface area contributed by atoms with E-state index in [2.05, 4.69) is 11.9 Å². The van der Waals surface area contributed by atoms with Gasteiger partial charge in [-0.3, -0.25) is 4.79 Å². The fourth-order valence-corrected chi connectivity index (χ4v) is 3.11. The quantitative estimate of drug-likeness (QED) is 0.276. The fraction of sp³-hybridized carbons (Fsp3) is 0.304. The number of carbonyl (C=O) groups is 2. The van der Waals surface area contributed by atoms with Crippen LogP contribution in [0.3, 0.4) is 0 Å². The highest BCUT2D eigenvalue weighted by atomic mass is 19.4. The molecule has 0 aromatic heterocycles. The van der Waals surface area contributed by atoms with Crippen LogP contribution in [0.4, 0.5) is 37.7 Å². The molecule has 6 nitrogen and oxygen atoms in total. The van der Waals surface area contributed by atoms with E-state index in [1.54, 1.807) is 0 Å². The number of alkyl halides is 6. The van der Waals surface area contributed by atoms with Gasteiger partial charge in [-0.05, 0) is 54.4 Å². The first-order valence-corrected chi connectivity index (χ1v) is 10.2. The molecule has 0 aliphatic heterocycles. The van der Waals surface area contributed by atoms with Crippen molar-refractivity contribution in [3.05, 3.63) is 59.8 Å². The number of ether oxygens (including phenoxy) is 1. The third kappa shape index (κ3) is 7.14. The number of halogens is 6. The number of amides is 1. The maximum atomic E-state index is 13.8. The SMILES string of the molecule is C=CNc1ccc(Oc2c(C(F)(F)F)cc(NC(=O)C(=O)O)cc2C(F)(F)F)cc1CC(C)CC. The molecule has 35 heavy (non-hydrogen) atoms.